The van der Waals surface area contributed by atoms with Gasteiger partial charge in [0.2, 0.25) is 5.82 Å². The number of thiazole rings is 1. The van der Waals surface area contributed by atoms with E-state index >= 15 is 0 Å². The number of hydrogen-bond acceptors (Lipinski definition) is 6. The topological polar surface area (TPSA) is 67.2 Å². The fourth-order valence-corrected chi connectivity index (χ4v) is 5.12. The van der Waals surface area contributed by atoms with Crippen molar-refractivity contribution in [3.05, 3.63) is 34.9 Å². The molecule has 0 bridgehead atoms. The van der Waals surface area contributed by atoms with Crippen LogP contribution in [0.25, 0.3) is 10.2 Å². The first-order valence-electron chi connectivity index (χ1n) is 9.44. The summed E-state index contributed by atoms with van der Waals surface area (Å²) in [5.41, 5.74) is 3.60. The first kappa shape index (κ1) is 16.7. The van der Waals surface area contributed by atoms with Crippen LogP contribution < -0.4 is 4.90 Å². The van der Waals surface area contributed by atoms with Gasteiger partial charge in [-0.15, -0.1) is 10.2 Å². The van der Waals surface area contributed by atoms with Gasteiger partial charge in [-0.25, -0.2) is 4.98 Å². The fourth-order valence-electron chi connectivity index (χ4n) is 4.05. The minimum Gasteiger partial charge on any atom is -0.345 e. The van der Waals surface area contributed by atoms with E-state index in [1.165, 1.54) is 15.8 Å². The molecule has 5 rings (SSSR count). The second-order valence-electron chi connectivity index (χ2n) is 7.40. The summed E-state index contributed by atoms with van der Waals surface area (Å²) in [5, 5.41) is 9.35. The largest absolute Gasteiger partial charge is 0.345 e. The summed E-state index contributed by atoms with van der Waals surface area (Å²) in [6, 6.07) is 4.35. The van der Waals surface area contributed by atoms with Crippen molar-refractivity contribution in [2.75, 3.05) is 31.1 Å². The molecular formula is C19H22N6OS. The maximum atomic E-state index is 12.9. The first-order valence-corrected chi connectivity index (χ1v) is 10.3. The van der Waals surface area contributed by atoms with Crippen LogP contribution in [0.3, 0.4) is 0 Å². The van der Waals surface area contributed by atoms with E-state index in [2.05, 4.69) is 41.1 Å². The van der Waals surface area contributed by atoms with Gasteiger partial charge in [0.25, 0.3) is 5.91 Å². The van der Waals surface area contributed by atoms with Gasteiger partial charge in [0.05, 0.1) is 10.2 Å². The van der Waals surface area contributed by atoms with Crippen molar-refractivity contribution in [3.8, 4) is 0 Å². The molecule has 0 radical (unpaired) electrons. The van der Waals surface area contributed by atoms with Crippen LogP contribution >= 0.6 is 11.3 Å². The van der Waals surface area contributed by atoms with Crippen LogP contribution in [0.5, 0.6) is 0 Å². The maximum Gasteiger partial charge on any atom is 0.291 e. The summed E-state index contributed by atoms with van der Waals surface area (Å²) >= 11 is 1.75. The van der Waals surface area contributed by atoms with E-state index in [4.69, 9.17) is 4.98 Å². The molecular weight excluding hydrogens is 360 g/mol. The Morgan fingerprint density at radius 1 is 1.07 bits per heavy atom. The smallest absolute Gasteiger partial charge is 0.291 e. The van der Waals surface area contributed by atoms with Gasteiger partial charge in [-0.05, 0) is 37.5 Å². The molecule has 1 saturated heterocycles. The number of aromatic nitrogens is 4. The average molecular weight is 382 g/mol. The highest BCUT2D eigenvalue weighted by molar-refractivity contribution is 7.22. The Balaban J connectivity index is 1.31. The summed E-state index contributed by atoms with van der Waals surface area (Å²) in [7, 11) is 0. The van der Waals surface area contributed by atoms with Crippen molar-refractivity contribution < 1.29 is 4.79 Å². The zero-order chi connectivity index (χ0) is 18.5. The molecule has 0 N–H and O–H groups in total. The average Bonchev–Trinajstić information content (AvgIpc) is 3.36. The highest BCUT2D eigenvalue weighted by atomic mass is 32.1. The molecule has 2 aliphatic rings. The van der Waals surface area contributed by atoms with E-state index < -0.39 is 0 Å². The predicted molar refractivity (Wildman–Crippen MR) is 106 cm³/mol. The van der Waals surface area contributed by atoms with Crippen molar-refractivity contribution in [1.82, 2.24) is 24.6 Å². The lowest BCUT2D eigenvalue weighted by Crippen LogP contribution is -2.49. The lowest BCUT2D eigenvalue weighted by Gasteiger charge is -2.34. The minimum atomic E-state index is 0.00562. The highest BCUT2D eigenvalue weighted by Gasteiger charge is 2.29. The number of nitrogens with zero attached hydrogens (tertiary/aromatic N) is 6. The van der Waals surface area contributed by atoms with Crippen LogP contribution in [-0.2, 0) is 13.0 Å². The maximum absolute atomic E-state index is 12.9. The molecule has 7 nitrogen and oxygen atoms in total. The summed E-state index contributed by atoms with van der Waals surface area (Å²) in [5.74, 6) is 1.45. The summed E-state index contributed by atoms with van der Waals surface area (Å²) in [6.45, 7) is 8.08. The van der Waals surface area contributed by atoms with Gasteiger partial charge in [0.1, 0.15) is 5.82 Å². The normalized spacial score (nSPS) is 17.0. The van der Waals surface area contributed by atoms with Crippen molar-refractivity contribution in [2.45, 2.75) is 33.2 Å². The van der Waals surface area contributed by atoms with E-state index in [-0.39, 0.29) is 5.91 Å². The lowest BCUT2D eigenvalue weighted by molar-refractivity contribution is 0.0729. The van der Waals surface area contributed by atoms with Gasteiger partial charge in [-0.3, -0.25) is 4.79 Å². The number of rotatable bonds is 2. The zero-order valence-corrected chi connectivity index (χ0v) is 16.4. The molecule has 0 spiro atoms. The van der Waals surface area contributed by atoms with Gasteiger partial charge in [-0.1, -0.05) is 17.4 Å². The molecule has 27 heavy (non-hydrogen) atoms. The molecule has 1 fully saturated rings. The van der Waals surface area contributed by atoms with Crippen LogP contribution in [0.4, 0.5) is 5.13 Å². The van der Waals surface area contributed by atoms with Gasteiger partial charge in [0.15, 0.2) is 5.13 Å². The predicted octanol–water partition coefficient (Wildman–Crippen LogP) is 2.41. The van der Waals surface area contributed by atoms with Crippen molar-refractivity contribution in [2.24, 2.45) is 0 Å². The number of carbonyl (C=O) groups excluding carboxylic acids is 1. The number of anilines is 1. The molecule has 0 unspecified atom stereocenters. The number of amides is 1. The van der Waals surface area contributed by atoms with Crippen LogP contribution in [0.1, 0.15) is 34.0 Å². The molecule has 1 amide bonds. The monoisotopic (exact) mass is 382 g/mol. The molecule has 4 heterocycles. The highest BCUT2D eigenvalue weighted by Crippen LogP contribution is 2.32. The zero-order valence-electron chi connectivity index (χ0n) is 15.6. The van der Waals surface area contributed by atoms with Crippen LogP contribution in [-0.4, -0.2) is 56.7 Å². The molecule has 0 saturated carbocycles. The summed E-state index contributed by atoms with van der Waals surface area (Å²) in [6.07, 6.45) is 1.97. The molecule has 8 heteroatoms. The number of hydrogen-bond donors (Lipinski definition) is 0. The number of benzene rings is 1. The number of fused-ring (bicyclic) bond motifs is 2. The molecule has 0 aliphatic carbocycles. The van der Waals surface area contributed by atoms with E-state index in [1.54, 1.807) is 11.3 Å². The molecule has 0 atom stereocenters. The first-order chi connectivity index (χ1) is 13.1. The second-order valence-corrected chi connectivity index (χ2v) is 8.38. The molecule has 2 aliphatic heterocycles. The number of carbonyl (C=O) groups is 1. The van der Waals surface area contributed by atoms with Crippen molar-refractivity contribution in [1.29, 1.82) is 0 Å². The molecule has 2 aromatic heterocycles. The second kappa shape index (κ2) is 6.30. The van der Waals surface area contributed by atoms with Gasteiger partial charge in [-0.2, -0.15) is 0 Å². The Morgan fingerprint density at radius 2 is 1.89 bits per heavy atom. The molecule has 140 valence electrons. The van der Waals surface area contributed by atoms with Crippen LogP contribution in [0, 0.1) is 13.8 Å². The SMILES string of the molecule is Cc1cc(C)c2sc(N3CCN(C(=O)c4nnc5n4CCC5)CC3)nc2c1. The van der Waals surface area contributed by atoms with E-state index in [0.29, 0.717) is 18.9 Å². The third-order valence-corrected chi connectivity index (χ3v) is 6.71. The lowest BCUT2D eigenvalue weighted by atomic mass is 10.1. The Kier molecular flexibility index (Phi) is 3.89. The summed E-state index contributed by atoms with van der Waals surface area (Å²) in [4.78, 5) is 21.9. The van der Waals surface area contributed by atoms with Crippen LogP contribution in [0.2, 0.25) is 0 Å². The molecule has 3 aromatic rings. The standard InChI is InChI=1S/C19H22N6OS/c1-12-10-13(2)16-14(11-12)20-19(27-16)24-8-6-23(7-9-24)18(26)17-22-21-15-4-3-5-25(15)17/h10-11H,3-9H2,1-2H3. The quantitative estimate of drug-likeness (QED) is 0.681. The van der Waals surface area contributed by atoms with E-state index in [1.807, 2.05) is 9.47 Å². The summed E-state index contributed by atoms with van der Waals surface area (Å²) < 4.78 is 3.24. The minimum absolute atomic E-state index is 0.00562. The number of aryl methyl sites for hydroxylation is 3. The fraction of sp³-hybridized carbons (Fsp3) is 0.474. The van der Waals surface area contributed by atoms with Gasteiger partial charge >= 0.3 is 0 Å². The number of piperazine rings is 1. The Morgan fingerprint density at radius 3 is 2.70 bits per heavy atom. The molecule has 1 aromatic carbocycles. The third kappa shape index (κ3) is 2.79. The Bertz CT molecular complexity index is 1030. The van der Waals surface area contributed by atoms with Gasteiger partial charge in [0, 0.05) is 39.1 Å². The van der Waals surface area contributed by atoms with Crippen molar-refractivity contribution in [3.63, 3.8) is 0 Å². The Labute approximate surface area is 161 Å². The van der Waals surface area contributed by atoms with E-state index in [0.717, 1.165) is 48.9 Å². The van der Waals surface area contributed by atoms with E-state index in [9.17, 15) is 4.79 Å². The third-order valence-electron chi connectivity index (χ3n) is 5.45. The van der Waals surface area contributed by atoms with Gasteiger partial charge < -0.3 is 14.4 Å². The van der Waals surface area contributed by atoms with Crippen molar-refractivity contribution >= 4 is 32.6 Å². The van der Waals surface area contributed by atoms with Crippen LogP contribution in [0.15, 0.2) is 12.1 Å². The Hall–Kier alpha value is -2.48.